The van der Waals surface area contributed by atoms with Crippen LogP contribution in [0.25, 0.3) is 11.1 Å². The van der Waals surface area contributed by atoms with Crippen molar-refractivity contribution in [2.75, 3.05) is 32.7 Å². The number of piperazine rings is 1. The third-order valence-electron chi connectivity index (χ3n) is 6.31. The molecule has 1 aliphatic carbocycles. The lowest BCUT2D eigenvalue weighted by Gasteiger charge is -2.38. The quantitative estimate of drug-likeness (QED) is 0.618. The Labute approximate surface area is 172 Å². The van der Waals surface area contributed by atoms with Crippen molar-refractivity contribution in [3.63, 3.8) is 0 Å². The lowest BCUT2D eigenvalue weighted by Crippen LogP contribution is -2.48. The number of rotatable bonds is 4. The van der Waals surface area contributed by atoms with Crippen LogP contribution in [0.4, 0.5) is 0 Å². The molecule has 1 heterocycles. The summed E-state index contributed by atoms with van der Waals surface area (Å²) in [5.74, 6) is 0.218. The third-order valence-corrected chi connectivity index (χ3v) is 6.31. The summed E-state index contributed by atoms with van der Waals surface area (Å²) in [6, 6.07) is 25.8. The molecule has 3 heteroatoms. The monoisotopic (exact) mass is 382 g/mol. The van der Waals surface area contributed by atoms with E-state index in [9.17, 15) is 4.79 Å². The van der Waals surface area contributed by atoms with Crippen molar-refractivity contribution in [3.05, 3.63) is 95.1 Å². The van der Waals surface area contributed by atoms with Crippen LogP contribution in [-0.4, -0.2) is 48.3 Å². The summed E-state index contributed by atoms with van der Waals surface area (Å²) in [6.07, 6.45) is 0. The van der Waals surface area contributed by atoms with Gasteiger partial charge in [0.05, 0.1) is 12.6 Å². The molecule has 1 fully saturated rings. The highest BCUT2D eigenvalue weighted by Crippen LogP contribution is 2.46. The van der Waals surface area contributed by atoms with Gasteiger partial charge in [0.15, 0.2) is 5.78 Å². The largest absolute Gasteiger partial charge is 0.293 e. The van der Waals surface area contributed by atoms with Crippen LogP contribution in [0.1, 0.15) is 33.1 Å². The zero-order valence-electron chi connectivity index (χ0n) is 16.8. The van der Waals surface area contributed by atoms with Crippen LogP contribution in [-0.2, 0) is 0 Å². The molecular formula is C26H26N2O. The summed E-state index contributed by atoms with van der Waals surface area (Å²) >= 11 is 0. The number of ketones is 1. The Morgan fingerprint density at radius 3 is 1.93 bits per heavy atom. The molecule has 146 valence electrons. The minimum Gasteiger partial charge on any atom is -0.293 e. The number of nitrogens with zero attached hydrogens (tertiary/aromatic N) is 2. The highest BCUT2D eigenvalue weighted by molar-refractivity contribution is 5.97. The van der Waals surface area contributed by atoms with Gasteiger partial charge in [0.1, 0.15) is 0 Å². The molecule has 1 aliphatic heterocycles. The Kier molecular flexibility index (Phi) is 4.78. The van der Waals surface area contributed by atoms with Crippen molar-refractivity contribution in [2.24, 2.45) is 0 Å². The number of hydrogen-bond donors (Lipinski definition) is 0. The first-order chi connectivity index (χ1) is 14.2. The maximum Gasteiger partial charge on any atom is 0.176 e. The fourth-order valence-electron chi connectivity index (χ4n) is 4.74. The van der Waals surface area contributed by atoms with Gasteiger partial charge in [-0.1, -0.05) is 78.4 Å². The molecule has 3 aromatic carbocycles. The van der Waals surface area contributed by atoms with Gasteiger partial charge in [0, 0.05) is 31.7 Å². The molecule has 0 atom stereocenters. The van der Waals surface area contributed by atoms with Crippen molar-refractivity contribution in [2.45, 2.75) is 13.0 Å². The molecule has 29 heavy (non-hydrogen) atoms. The van der Waals surface area contributed by atoms with Gasteiger partial charge in [0.2, 0.25) is 0 Å². The summed E-state index contributed by atoms with van der Waals surface area (Å²) in [6.45, 7) is 6.38. The predicted molar refractivity (Wildman–Crippen MR) is 117 cm³/mol. The highest BCUT2D eigenvalue weighted by Gasteiger charge is 2.34. The lowest BCUT2D eigenvalue weighted by molar-refractivity contribution is 0.0811. The highest BCUT2D eigenvalue weighted by atomic mass is 16.1. The van der Waals surface area contributed by atoms with Crippen LogP contribution < -0.4 is 0 Å². The van der Waals surface area contributed by atoms with E-state index in [1.54, 1.807) is 0 Å². The molecule has 0 N–H and O–H groups in total. The Morgan fingerprint density at radius 2 is 1.34 bits per heavy atom. The van der Waals surface area contributed by atoms with E-state index in [2.05, 4.69) is 58.3 Å². The van der Waals surface area contributed by atoms with E-state index in [1.165, 1.54) is 27.8 Å². The SMILES string of the molecule is Cc1ccc(C(=O)CN2CCN(C3c4ccccc4-c4ccccc43)CC2)cc1. The Hall–Kier alpha value is -2.75. The van der Waals surface area contributed by atoms with E-state index < -0.39 is 0 Å². The van der Waals surface area contributed by atoms with Gasteiger partial charge in [-0.2, -0.15) is 0 Å². The fourth-order valence-corrected chi connectivity index (χ4v) is 4.74. The molecule has 3 nitrogen and oxygen atoms in total. The maximum atomic E-state index is 12.6. The minimum atomic E-state index is 0.218. The Bertz CT molecular complexity index is 987. The van der Waals surface area contributed by atoms with E-state index in [0.29, 0.717) is 12.6 Å². The van der Waals surface area contributed by atoms with Crippen LogP contribution >= 0.6 is 0 Å². The molecular weight excluding hydrogens is 356 g/mol. The van der Waals surface area contributed by atoms with E-state index in [1.807, 2.05) is 31.2 Å². The van der Waals surface area contributed by atoms with Gasteiger partial charge >= 0.3 is 0 Å². The molecule has 0 spiro atoms. The molecule has 0 radical (unpaired) electrons. The second kappa shape index (κ2) is 7.58. The molecule has 0 bridgehead atoms. The molecule has 5 rings (SSSR count). The summed E-state index contributed by atoms with van der Waals surface area (Å²) in [4.78, 5) is 17.5. The van der Waals surface area contributed by atoms with Gasteiger partial charge in [-0.25, -0.2) is 0 Å². The van der Waals surface area contributed by atoms with Gasteiger partial charge < -0.3 is 0 Å². The molecule has 0 saturated carbocycles. The molecule has 3 aromatic rings. The van der Waals surface area contributed by atoms with Gasteiger partial charge in [-0.15, -0.1) is 0 Å². The van der Waals surface area contributed by atoms with Crippen molar-refractivity contribution < 1.29 is 4.79 Å². The Balaban J connectivity index is 1.29. The van der Waals surface area contributed by atoms with Crippen molar-refractivity contribution in [1.82, 2.24) is 9.80 Å². The van der Waals surface area contributed by atoms with E-state index in [0.717, 1.165) is 31.7 Å². The summed E-state index contributed by atoms with van der Waals surface area (Å²) < 4.78 is 0. The molecule has 1 saturated heterocycles. The second-order valence-electron chi connectivity index (χ2n) is 8.18. The lowest BCUT2D eigenvalue weighted by atomic mass is 10.0. The normalized spacial score (nSPS) is 17.1. The average Bonchev–Trinajstić information content (AvgIpc) is 3.09. The van der Waals surface area contributed by atoms with E-state index in [-0.39, 0.29) is 5.78 Å². The minimum absolute atomic E-state index is 0.218. The van der Waals surface area contributed by atoms with Crippen LogP contribution in [0.5, 0.6) is 0 Å². The third kappa shape index (κ3) is 3.41. The number of benzene rings is 3. The zero-order chi connectivity index (χ0) is 19.8. The van der Waals surface area contributed by atoms with Crippen LogP contribution in [0, 0.1) is 6.92 Å². The topological polar surface area (TPSA) is 23.6 Å². The smallest absolute Gasteiger partial charge is 0.176 e. The molecule has 0 aromatic heterocycles. The average molecular weight is 383 g/mol. The summed E-state index contributed by atoms with van der Waals surface area (Å²) in [5.41, 5.74) is 7.56. The summed E-state index contributed by atoms with van der Waals surface area (Å²) in [7, 11) is 0. The van der Waals surface area contributed by atoms with Crippen LogP contribution in [0.3, 0.4) is 0 Å². The fraction of sp³-hybridized carbons (Fsp3) is 0.269. The Morgan fingerprint density at radius 1 is 0.793 bits per heavy atom. The summed E-state index contributed by atoms with van der Waals surface area (Å²) in [5, 5.41) is 0. The van der Waals surface area contributed by atoms with Gasteiger partial charge in [-0.05, 0) is 29.2 Å². The zero-order valence-corrected chi connectivity index (χ0v) is 16.8. The number of aryl methyl sites for hydroxylation is 1. The van der Waals surface area contributed by atoms with Gasteiger partial charge in [-0.3, -0.25) is 14.6 Å². The molecule has 0 amide bonds. The van der Waals surface area contributed by atoms with Crippen LogP contribution in [0.15, 0.2) is 72.8 Å². The standard InChI is InChI=1S/C26H26N2O/c1-19-10-12-20(13-11-19)25(29)18-27-14-16-28(17-15-27)26-23-8-4-2-6-21(23)22-7-3-5-9-24(22)26/h2-13,26H,14-18H2,1H3. The predicted octanol–water partition coefficient (Wildman–Crippen LogP) is 4.57. The number of fused-ring (bicyclic) bond motifs is 3. The molecule has 0 unspecified atom stereocenters. The number of hydrogen-bond acceptors (Lipinski definition) is 3. The first-order valence-corrected chi connectivity index (χ1v) is 10.5. The van der Waals surface area contributed by atoms with Crippen molar-refractivity contribution in [3.8, 4) is 11.1 Å². The van der Waals surface area contributed by atoms with E-state index >= 15 is 0 Å². The maximum absolute atomic E-state index is 12.6. The van der Waals surface area contributed by atoms with Crippen LogP contribution in [0.2, 0.25) is 0 Å². The molecule has 2 aliphatic rings. The second-order valence-corrected chi connectivity index (χ2v) is 8.18. The number of Topliss-reactive ketones (excluding diaryl/α,β-unsaturated/α-hetero) is 1. The first kappa shape index (κ1) is 18.3. The van der Waals surface area contributed by atoms with Crippen molar-refractivity contribution >= 4 is 5.78 Å². The first-order valence-electron chi connectivity index (χ1n) is 10.5. The number of carbonyl (C=O) groups is 1. The van der Waals surface area contributed by atoms with Crippen molar-refractivity contribution in [1.29, 1.82) is 0 Å². The van der Waals surface area contributed by atoms with Gasteiger partial charge in [0.25, 0.3) is 0 Å². The van der Waals surface area contributed by atoms with E-state index in [4.69, 9.17) is 0 Å². The number of carbonyl (C=O) groups excluding carboxylic acids is 1.